The van der Waals surface area contributed by atoms with Gasteiger partial charge in [0.05, 0.1) is 11.4 Å². The van der Waals surface area contributed by atoms with Crippen LogP contribution in [-0.2, 0) is 56.8 Å². The van der Waals surface area contributed by atoms with Crippen molar-refractivity contribution in [2.45, 2.75) is 126 Å². The van der Waals surface area contributed by atoms with Crippen LogP contribution in [0.15, 0.2) is 60.7 Å². The van der Waals surface area contributed by atoms with Crippen molar-refractivity contribution in [1.82, 2.24) is 46.2 Å². The molecule has 5 aliphatic rings. The number of nitrogens with one attached hydrogen (secondary N) is 5. The minimum atomic E-state index is -5.93. The van der Waals surface area contributed by atoms with Crippen LogP contribution in [0.25, 0.3) is 10.1 Å². The second kappa shape index (κ2) is 26.4. The molecule has 0 bridgehead atoms. The first-order valence-electron chi connectivity index (χ1n) is 28.3. The highest BCUT2D eigenvalue weighted by Gasteiger charge is 2.51. The summed E-state index contributed by atoms with van der Waals surface area (Å²) in [6.45, 7) is 0.318. The Morgan fingerprint density at radius 3 is 2.33 bits per heavy atom. The fourth-order valence-electron chi connectivity index (χ4n) is 11.8. The van der Waals surface area contributed by atoms with Gasteiger partial charge in [0.1, 0.15) is 30.2 Å². The van der Waals surface area contributed by atoms with Crippen molar-refractivity contribution in [1.29, 1.82) is 0 Å². The third-order valence-electron chi connectivity index (χ3n) is 16.5. The molecule has 9 N–H and O–H groups in total. The van der Waals surface area contributed by atoms with Gasteiger partial charge in [0.2, 0.25) is 41.4 Å². The van der Waals surface area contributed by atoms with Gasteiger partial charge in [-0.15, -0.1) is 11.3 Å². The van der Waals surface area contributed by atoms with Gasteiger partial charge in [-0.3, -0.25) is 53.0 Å². The molecule has 9 rings (SSSR count). The molecule has 1 aromatic heterocycles. The lowest BCUT2D eigenvalue weighted by atomic mass is 9.91. The minimum Gasteiger partial charge on any atom is -0.370 e. The van der Waals surface area contributed by atoms with E-state index in [1.807, 2.05) is 0 Å². The molecular formula is C58H63F4N10O13PS. The highest BCUT2D eigenvalue weighted by molar-refractivity contribution is 7.52. The number of amides is 11. The number of carbonyl (C=O) groups excluding carboxylic acids is 10. The molecule has 0 aliphatic carbocycles. The number of urea groups is 1. The standard InChI is InChI=1S/C58H63F4N10O13PS/c1-64-57(82)70-24-21-36-11-14-45(72(36)56(81)43(30-70)67-53(78)47-28-34-27-35(10-16-46(34)87-47)58(61,62)86(83,84)85)52(77)65-41(13-17-48(63)73)50(75)66-42(26-32-9-12-39(59)40(60)25-32)55(80)69-22-19-31(20-23-69)5-2-3-6-33-7-4-8-37-38(33)29-71(54(37)79)44-15-18-49(74)68-51(44)76/h4,7-10,12,16,25,27-28,31,36,41-45H,2,5,11,13-15,17-24,26,29-30H2,1H3,(H2,63,73)(H,64,82)(H,65,77)(H,66,75)(H,67,78)(H,68,74,76)(H2,83,84,85)/t36-,41?,42?,43+,44?,45+/m1/s1. The number of carbonyl (C=O) groups is 10. The Hall–Kier alpha value is -8.25. The summed E-state index contributed by atoms with van der Waals surface area (Å²) in [5, 5.41) is 12.7. The van der Waals surface area contributed by atoms with E-state index in [1.54, 1.807) is 18.2 Å². The zero-order valence-electron chi connectivity index (χ0n) is 47.0. The smallest absolute Gasteiger partial charge is 0.370 e. The number of halogens is 4. The number of imide groups is 1. The third-order valence-corrected chi connectivity index (χ3v) is 18.6. The van der Waals surface area contributed by atoms with E-state index in [0.717, 1.165) is 41.7 Å². The minimum absolute atomic E-state index is 0.0348. The van der Waals surface area contributed by atoms with Gasteiger partial charge in [-0.25, -0.2) is 13.6 Å². The van der Waals surface area contributed by atoms with Crippen LogP contribution in [0, 0.1) is 29.4 Å². The van der Waals surface area contributed by atoms with Gasteiger partial charge in [-0.05, 0) is 116 Å². The summed E-state index contributed by atoms with van der Waals surface area (Å²) in [6.07, 6.45) is 1.87. The summed E-state index contributed by atoms with van der Waals surface area (Å²) in [5.41, 5.74) is 1.90. The number of alkyl halides is 2. The van der Waals surface area contributed by atoms with Crippen LogP contribution >= 0.6 is 18.9 Å². The molecule has 11 amide bonds. The van der Waals surface area contributed by atoms with E-state index in [0.29, 0.717) is 42.4 Å². The van der Waals surface area contributed by atoms with Gasteiger partial charge in [0, 0.05) is 86.3 Å². The molecule has 462 valence electrons. The average molecular weight is 1250 g/mol. The molecule has 0 saturated carbocycles. The molecule has 0 spiro atoms. The Kier molecular flexibility index (Phi) is 19.2. The van der Waals surface area contributed by atoms with Crippen molar-refractivity contribution in [2.75, 3.05) is 33.2 Å². The first kappa shape index (κ1) is 63.3. The maximum atomic E-state index is 14.8. The molecule has 0 radical (unpaired) electrons. The zero-order chi connectivity index (χ0) is 62.6. The molecule has 5 aliphatic heterocycles. The Morgan fingerprint density at radius 2 is 1.63 bits per heavy atom. The molecule has 3 unspecified atom stereocenters. The second-order valence-electron chi connectivity index (χ2n) is 22.2. The number of primary amides is 1. The number of hydrogen-bond donors (Lipinski definition) is 8. The summed E-state index contributed by atoms with van der Waals surface area (Å²) in [5.74, 6) is -1.98. The first-order valence-corrected chi connectivity index (χ1v) is 30.7. The summed E-state index contributed by atoms with van der Waals surface area (Å²) in [6, 6.07) is 4.37. The monoisotopic (exact) mass is 1250 g/mol. The number of likely N-dealkylation sites (tertiary alicyclic amines) is 1. The van der Waals surface area contributed by atoms with Crippen molar-refractivity contribution < 1.29 is 79.9 Å². The van der Waals surface area contributed by atoms with Gasteiger partial charge in [0.15, 0.2) is 11.6 Å². The van der Waals surface area contributed by atoms with E-state index in [9.17, 15) is 79.9 Å². The van der Waals surface area contributed by atoms with Crippen molar-refractivity contribution in [3.8, 4) is 11.8 Å². The number of benzene rings is 3. The van der Waals surface area contributed by atoms with E-state index in [4.69, 9.17) is 5.73 Å². The van der Waals surface area contributed by atoms with E-state index >= 15 is 0 Å². The van der Waals surface area contributed by atoms with Crippen LogP contribution in [0.1, 0.15) is 113 Å². The Morgan fingerprint density at radius 1 is 0.885 bits per heavy atom. The van der Waals surface area contributed by atoms with Crippen molar-refractivity contribution >= 4 is 88.2 Å². The SMILES string of the molecule is CNC(=O)N1CC[C@H]2CC[C@@H](C(=O)NC(CCC(N)=O)C(=O)NC(Cc3ccc(F)c(F)c3)C(=O)N3CCC(CCC#Cc4cccc5c4CN(C4CCC(=O)NC4=O)C5=O)CC3)N2C(=O)[C@@H](NC(=O)c2cc3cc(C(F)(F)P(=O)(O)O)ccc3s2)C1. The average Bonchev–Trinajstić information content (AvgIpc) is 1.86. The summed E-state index contributed by atoms with van der Waals surface area (Å²) in [7, 11) is -4.57. The maximum absolute atomic E-state index is 14.8. The van der Waals surface area contributed by atoms with E-state index < -0.39 is 127 Å². The zero-order valence-corrected chi connectivity index (χ0v) is 48.7. The number of nitrogens with zero attached hydrogens (tertiary/aromatic N) is 4. The quantitative estimate of drug-likeness (QED) is 0.0326. The van der Waals surface area contributed by atoms with Crippen LogP contribution in [0.2, 0.25) is 0 Å². The van der Waals surface area contributed by atoms with E-state index in [1.165, 1.54) is 38.8 Å². The number of rotatable bonds is 17. The molecule has 4 fully saturated rings. The Balaban J connectivity index is 0.867. The summed E-state index contributed by atoms with van der Waals surface area (Å²) >= 11 is 0.824. The summed E-state index contributed by atoms with van der Waals surface area (Å²) < 4.78 is 69.9. The van der Waals surface area contributed by atoms with Gasteiger partial charge >= 0.3 is 19.3 Å². The van der Waals surface area contributed by atoms with Gasteiger partial charge in [0.25, 0.3) is 11.8 Å². The molecule has 3 aromatic carbocycles. The summed E-state index contributed by atoms with van der Waals surface area (Å²) in [4.78, 5) is 159. The van der Waals surface area contributed by atoms with Crippen LogP contribution in [0.3, 0.4) is 0 Å². The number of nitrogens with two attached hydrogens (primary N) is 1. The maximum Gasteiger partial charge on any atom is 0.399 e. The second-order valence-corrected chi connectivity index (χ2v) is 24.9. The van der Waals surface area contributed by atoms with Crippen LogP contribution in [0.5, 0.6) is 0 Å². The van der Waals surface area contributed by atoms with E-state index in [2.05, 4.69) is 38.4 Å². The molecule has 87 heavy (non-hydrogen) atoms. The molecule has 4 aromatic rings. The van der Waals surface area contributed by atoms with Crippen molar-refractivity contribution in [3.05, 3.63) is 105 Å². The lowest BCUT2D eigenvalue weighted by Gasteiger charge is -2.38. The topological polar surface area (TPSA) is 327 Å². The predicted octanol–water partition coefficient (Wildman–Crippen LogP) is 3.22. The number of hydrogen-bond acceptors (Lipinski definition) is 12. The van der Waals surface area contributed by atoms with Crippen LogP contribution < -0.4 is 32.3 Å². The van der Waals surface area contributed by atoms with E-state index in [-0.39, 0.29) is 109 Å². The lowest BCUT2D eigenvalue weighted by molar-refractivity contribution is -0.144. The number of fused-ring (bicyclic) bond motifs is 3. The largest absolute Gasteiger partial charge is 0.399 e. The van der Waals surface area contributed by atoms with Gasteiger partial charge in [-0.1, -0.05) is 30.0 Å². The fraction of sp³-hybridized carbons (Fsp3) is 0.448. The molecular weight excluding hydrogens is 1180 g/mol. The first-order chi connectivity index (χ1) is 41.3. The molecule has 23 nitrogen and oxygen atoms in total. The Bertz CT molecular complexity index is 3570. The van der Waals surface area contributed by atoms with Crippen molar-refractivity contribution in [2.24, 2.45) is 11.7 Å². The van der Waals surface area contributed by atoms with Crippen LogP contribution in [0.4, 0.5) is 22.4 Å². The molecule has 29 heteroatoms. The number of piperidine rings is 2. The van der Waals surface area contributed by atoms with Gasteiger partial charge in [-0.2, -0.15) is 8.78 Å². The third kappa shape index (κ3) is 14.1. The fourth-order valence-corrected chi connectivity index (χ4v) is 13.2. The van der Waals surface area contributed by atoms with Crippen LogP contribution in [-0.4, -0.2) is 158 Å². The normalized spacial score (nSPS) is 20.7. The molecule has 4 saturated heterocycles. The molecule has 6 heterocycles. The lowest BCUT2D eigenvalue weighted by Crippen LogP contribution is -2.62. The predicted molar refractivity (Wildman–Crippen MR) is 304 cm³/mol. The Labute approximate surface area is 499 Å². The highest BCUT2D eigenvalue weighted by atomic mass is 32.1. The van der Waals surface area contributed by atoms with Gasteiger partial charge < -0.3 is 56.4 Å². The highest BCUT2D eigenvalue weighted by Crippen LogP contribution is 2.59. The molecule has 6 atom stereocenters. The number of thiophene rings is 1. The van der Waals surface area contributed by atoms with Crippen molar-refractivity contribution in [3.63, 3.8) is 0 Å².